The maximum Gasteiger partial charge on any atom is 0.350 e. The lowest BCUT2D eigenvalue weighted by atomic mass is 9.94. The first-order valence-electron chi connectivity index (χ1n) is 5.07. The molecule has 80 valence electrons. The van der Waals surface area contributed by atoms with E-state index in [0.717, 1.165) is 11.3 Å². The molecule has 0 N–H and O–H groups in total. The molecule has 3 nitrogen and oxygen atoms in total. The summed E-state index contributed by atoms with van der Waals surface area (Å²) in [6.07, 6.45) is 1.22. The van der Waals surface area contributed by atoms with Crippen LogP contribution in [0.25, 0.3) is 0 Å². The van der Waals surface area contributed by atoms with Crippen LogP contribution in [0.5, 0.6) is 5.75 Å². The largest absolute Gasteiger partial charge is 0.475 e. The van der Waals surface area contributed by atoms with Crippen LogP contribution in [0.4, 0.5) is 0 Å². The Morgan fingerprint density at radius 1 is 1.53 bits per heavy atom. The quantitative estimate of drug-likeness (QED) is 0.694. The van der Waals surface area contributed by atoms with Crippen molar-refractivity contribution in [3.05, 3.63) is 29.8 Å². The summed E-state index contributed by atoms with van der Waals surface area (Å²) in [6.45, 7) is 1.93. The molecule has 1 aromatic carbocycles. The van der Waals surface area contributed by atoms with Gasteiger partial charge in [-0.1, -0.05) is 25.1 Å². The zero-order valence-corrected chi connectivity index (χ0v) is 8.95. The van der Waals surface area contributed by atoms with Crippen LogP contribution in [0, 0.1) is 0 Å². The second-order valence-corrected chi connectivity index (χ2v) is 3.73. The molecule has 1 aromatic rings. The predicted octanol–water partition coefficient (Wildman–Crippen LogP) is 1.94. The molecule has 1 aliphatic rings. The van der Waals surface area contributed by atoms with E-state index in [9.17, 15) is 4.79 Å². The molecule has 0 saturated carbocycles. The maximum absolute atomic E-state index is 11.7. The summed E-state index contributed by atoms with van der Waals surface area (Å²) in [6, 6.07) is 7.72. The Balaban J connectivity index is 2.33. The van der Waals surface area contributed by atoms with Crippen LogP contribution < -0.4 is 4.74 Å². The molecule has 0 aromatic heterocycles. The first-order chi connectivity index (χ1) is 7.22. The van der Waals surface area contributed by atoms with Gasteiger partial charge < -0.3 is 9.47 Å². The molecular formula is C12H14O3. The number of methoxy groups -OCH3 is 1. The van der Waals surface area contributed by atoms with Crippen molar-refractivity contribution in [3.8, 4) is 5.75 Å². The van der Waals surface area contributed by atoms with Gasteiger partial charge in [0.15, 0.2) is 0 Å². The van der Waals surface area contributed by atoms with E-state index in [4.69, 9.17) is 9.47 Å². The number of hydrogen-bond acceptors (Lipinski definition) is 3. The van der Waals surface area contributed by atoms with Crippen LogP contribution in [-0.4, -0.2) is 18.7 Å². The van der Waals surface area contributed by atoms with Crippen molar-refractivity contribution in [2.45, 2.75) is 25.4 Å². The Bertz CT molecular complexity index is 359. The van der Waals surface area contributed by atoms with Crippen LogP contribution >= 0.6 is 0 Å². The van der Waals surface area contributed by atoms with Crippen LogP contribution in [0.1, 0.15) is 18.9 Å². The highest BCUT2D eigenvalue weighted by molar-refractivity contribution is 5.81. The van der Waals surface area contributed by atoms with Gasteiger partial charge in [0.25, 0.3) is 0 Å². The average molecular weight is 206 g/mol. The smallest absolute Gasteiger partial charge is 0.350 e. The van der Waals surface area contributed by atoms with E-state index in [1.807, 2.05) is 31.2 Å². The number of rotatable bonds is 2. The Morgan fingerprint density at radius 2 is 2.27 bits per heavy atom. The molecule has 0 bridgehead atoms. The minimum atomic E-state index is -0.807. The predicted molar refractivity (Wildman–Crippen MR) is 55.8 cm³/mol. The number of benzene rings is 1. The van der Waals surface area contributed by atoms with Gasteiger partial charge in [-0.2, -0.15) is 0 Å². The lowest BCUT2D eigenvalue weighted by molar-refractivity contribution is -0.157. The number of ether oxygens (including phenoxy) is 2. The topological polar surface area (TPSA) is 35.5 Å². The second kappa shape index (κ2) is 3.57. The minimum absolute atomic E-state index is 0.291. The first-order valence-corrected chi connectivity index (χ1v) is 5.07. The fourth-order valence-corrected chi connectivity index (χ4v) is 1.94. The Hall–Kier alpha value is -1.51. The third kappa shape index (κ3) is 1.48. The molecule has 0 aliphatic carbocycles. The summed E-state index contributed by atoms with van der Waals surface area (Å²) in [5.41, 5.74) is 0.267. The standard InChI is InChI=1S/C12H14O3/c1-3-12(11(13)14-2)8-9-6-4-5-7-10(9)15-12/h4-7H,3,8H2,1-2H3/t12-/m0/s1. The molecule has 1 atom stereocenters. The van der Waals surface area contributed by atoms with Gasteiger partial charge >= 0.3 is 5.97 Å². The van der Waals surface area contributed by atoms with Gasteiger partial charge in [-0.3, -0.25) is 0 Å². The van der Waals surface area contributed by atoms with E-state index < -0.39 is 5.60 Å². The number of carbonyl (C=O) groups is 1. The fourth-order valence-electron chi connectivity index (χ4n) is 1.94. The molecule has 0 saturated heterocycles. The molecule has 0 spiro atoms. The molecule has 1 aliphatic heterocycles. The van der Waals surface area contributed by atoms with E-state index in [1.54, 1.807) is 0 Å². The maximum atomic E-state index is 11.7. The highest BCUT2D eigenvalue weighted by Gasteiger charge is 2.45. The Kier molecular flexibility index (Phi) is 2.39. The highest BCUT2D eigenvalue weighted by Crippen LogP contribution is 2.37. The third-order valence-corrected chi connectivity index (χ3v) is 2.88. The van der Waals surface area contributed by atoms with Crippen LogP contribution in [0.2, 0.25) is 0 Å². The summed E-state index contributed by atoms with van der Waals surface area (Å²) in [5, 5.41) is 0. The normalized spacial score (nSPS) is 23.1. The SMILES string of the molecule is CC[C@@]1(C(=O)OC)Cc2ccccc2O1. The molecule has 2 rings (SSSR count). The average Bonchev–Trinajstić information content (AvgIpc) is 2.67. The van der Waals surface area contributed by atoms with Gasteiger partial charge in [0.05, 0.1) is 7.11 Å². The summed E-state index contributed by atoms with van der Waals surface area (Å²) in [4.78, 5) is 11.7. The van der Waals surface area contributed by atoms with Crippen LogP contribution in [0.3, 0.4) is 0 Å². The number of fused-ring (bicyclic) bond motifs is 1. The van der Waals surface area contributed by atoms with Gasteiger partial charge in [0, 0.05) is 6.42 Å². The number of esters is 1. The molecule has 0 fully saturated rings. The zero-order valence-electron chi connectivity index (χ0n) is 8.95. The number of carbonyl (C=O) groups excluding carboxylic acids is 1. The molecule has 3 heteroatoms. The van der Waals surface area contributed by atoms with E-state index in [1.165, 1.54) is 7.11 Å². The van der Waals surface area contributed by atoms with E-state index in [-0.39, 0.29) is 5.97 Å². The summed E-state index contributed by atoms with van der Waals surface area (Å²) >= 11 is 0. The summed E-state index contributed by atoms with van der Waals surface area (Å²) < 4.78 is 10.5. The monoisotopic (exact) mass is 206 g/mol. The minimum Gasteiger partial charge on any atom is -0.475 e. The number of hydrogen-bond donors (Lipinski definition) is 0. The molecule has 15 heavy (non-hydrogen) atoms. The Morgan fingerprint density at radius 3 is 2.87 bits per heavy atom. The molecule has 1 heterocycles. The van der Waals surface area contributed by atoms with Gasteiger partial charge in [0.2, 0.25) is 5.60 Å². The van der Waals surface area contributed by atoms with Gasteiger partial charge in [-0.05, 0) is 18.1 Å². The molecule has 0 radical (unpaired) electrons. The summed E-state index contributed by atoms with van der Waals surface area (Å²) in [5.74, 6) is 0.506. The van der Waals surface area contributed by atoms with Crippen molar-refractivity contribution >= 4 is 5.97 Å². The van der Waals surface area contributed by atoms with Gasteiger partial charge in [-0.25, -0.2) is 4.79 Å². The lowest BCUT2D eigenvalue weighted by Crippen LogP contribution is -2.43. The van der Waals surface area contributed by atoms with Crippen molar-refractivity contribution in [1.29, 1.82) is 0 Å². The van der Waals surface area contributed by atoms with Gasteiger partial charge in [0.1, 0.15) is 5.75 Å². The molecule has 0 amide bonds. The van der Waals surface area contributed by atoms with Crippen molar-refractivity contribution in [2.75, 3.05) is 7.11 Å². The highest BCUT2D eigenvalue weighted by atomic mass is 16.6. The first kappa shape index (κ1) is 10.0. The van der Waals surface area contributed by atoms with Crippen molar-refractivity contribution < 1.29 is 14.3 Å². The fraction of sp³-hybridized carbons (Fsp3) is 0.417. The van der Waals surface area contributed by atoms with Crippen molar-refractivity contribution in [2.24, 2.45) is 0 Å². The van der Waals surface area contributed by atoms with Gasteiger partial charge in [-0.15, -0.1) is 0 Å². The molecular weight excluding hydrogens is 192 g/mol. The summed E-state index contributed by atoms with van der Waals surface area (Å²) in [7, 11) is 1.39. The van der Waals surface area contributed by atoms with Crippen molar-refractivity contribution in [1.82, 2.24) is 0 Å². The van der Waals surface area contributed by atoms with E-state index in [0.29, 0.717) is 12.8 Å². The van der Waals surface area contributed by atoms with Crippen LogP contribution in [0.15, 0.2) is 24.3 Å². The van der Waals surface area contributed by atoms with Crippen LogP contribution in [-0.2, 0) is 16.0 Å². The lowest BCUT2D eigenvalue weighted by Gasteiger charge is -2.23. The Labute approximate surface area is 89.0 Å². The van der Waals surface area contributed by atoms with E-state index >= 15 is 0 Å². The zero-order chi connectivity index (χ0) is 10.9. The third-order valence-electron chi connectivity index (χ3n) is 2.88. The number of para-hydroxylation sites is 1. The second-order valence-electron chi connectivity index (χ2n) is 3.73. The van der Waals surface area contributed by atoms with Crippen molar-refractivity contribution in [3.63, 3.8) is 0 Å². The van der Waals surface area contributed by atoms with E-state index in [2.05, 4.69) is 0 Å². The molecule has 0 unspecified atom stereocenters.